The highest BCUT2D eigenvalue weighted by Crippen LogP contribution is 2.32. The van der Waals surface area contributed by atoms with Gasteiger partial charge in [-0.1, -0.05) is 0 Å². The van der Waals surface area contributed by atoms with Crippen LogP contribution in [0.1, 0.15) is 31.2 Å². The molecule has 0 radical (unpaired) electrons. The molecule has 0 aliphatic carbocycles. The van der Waals surface area contributed by atoms with Crippen LogP contribution in [0.25, 0.3) is 0 Å². The van der Waals surface area contributed by atoms with E-state index in [4.69, 9.17) is 4.74 Å². The number of amides is 2. The molecule has 2 saturated heterocycles. The van der Waals surface area contributed by atoms with Crippen LogP contribution in [0.4, 0.5) is 5.69 Å². The zero-order valence-electron chi connectivity index (χ0n) is 23.0. The first-order valence-electron chi connectivity index (χ1n) is 14.0. The maximum Gasteiger partial charge on any atom is 0.236 e. The molecule has 1 aromatic rings. The Morgan fingerprint density at radius 2 is 1.86 bits per heavy atom. The fourth-order valence-electron chi connectivity index (χ4n) is 5.68. The van der Waals surface area contributed by atoms with E-state index in [9.17, 15) is 9.59 Å². The van der Waals surface area contributed by atoms with E-state index in [1.165, 1.54) is 0 Å². The lowest BCUT2D eigenvalue weighted by molar-refractivity contribution is -0.135. The number of rotatable bonds is 6. The van der Waals surface area contributed by atoms with Crippen molar-refractivity contribution >= 4 is 17.5 Å². The fourth-order valence-corrected chi connectivity index (χ4v) is 5.68. The van der Waals surface area contributed by atoms with Gasteiger partial charge in [0.15, 0.2) is 0 Å². The van der Waals surface area contributed by atoms with E-state index >= 15 is 0 Å². The zero-order chi connectivity index (χ0) is 26.2. The van der Waals surface area contributed by atoms with Crippen molar-refractivity contribution in [3.8, 4) is 5.75 Å². The van der Waals surface area contributed by atoms with Crippen molar-refractivity contribution in [1.82, 2.24) is 25.3 Å². The van der Waals surface area contributed by atoms with Gasteiger partial charge in [-0.3, -0.25) is 9.59 Å². The SMILES string of the molecule is CN(C)CCN(C)c1ccc2c(c1)CNCC(=O)N1CC[C@@H](CC(=O)N3CCNCC3)[C@@H](CCCO2)C1. The third-order valence-corrected chi connectivity index (χ3v) is 8.09. The second-order valence-corrected chi connectivity index (χ2v) is 11.1. The summed E-state index contributed by atoms with van der Waals surface area (Å²) in [6.45, 7) is 8.31. The smallest absolute Gasteiger partial charge is 0.236 e. The molecule has 3 heterocycles. The Morgan fingerprint density at radius 3 is 2.65 bits per heavy atom. The third-order valence-electron chi connectivity index (χ3n) is 8.09. The Labute approximate surface area is 222 Å². The molecule has 2 amide bonds. The number of likely N-dealkylation sites (N-methyl/N-ethyl adjacent to an activating group) is 2. The number of nitrogens with one attached hydrogen (secondary N) is 2. The molecule has 3 aliphatic heterocycles. The van der Waals surface area contributed by atoms with Gasteiger partial charge in [-0.25, -0.2) is 0 Å². The number of ether oxygens (including phenoxy) is 1. The highest BCUT2D eigenvalue weighted by Gasteiger charge is 2.33. The summed E-state index contributed by atoms with van der Waals surface area (Å²) < 4.78 is 6.26. The van der Waals surface area contributed by atoms with Gasteiger partial charge >= 0.3 is 0 Å². The van der Waals surface area contributed by atoms with Gasteiger partial charge in [-0.15, -0.1) is 0 Å². The minimum Gasteiger partial charge on any atom is -0.493 e. The van der Waals surface area contributed by atoms with Gasteiger partial charge < -0.3 is 35.0 Å². The first-order valence-corrected chi connectivity index (χ1v) is 14.0. The first-order chi connectivity index (χ1) is 17.9. The van der Waals surface area contributed by atoms with Gasteiger partial charge in [0, 0.05) is 83.6 Å². The van der Waals surface area contributed by atoms with Crippen molar-refractivity contribution in [2.24, 2.45) is 11.8 Å². The Balaban J connectivity index is 1.41. The van der Waals surface area contributed by atoms with Crippen molar-refractivity contribution < 1.29 is 14.3 Å². The van der Waals surface area contributed by atoms with Crippen molar-refractivity contribution in [2.75, 3.05) is 91.6 Å². The average molecular weight is 515 g/mol. The van der Waals surface area contributed by atoms with E-state index in [2.05, 4.69) is 59.8 Å². The lowest BCUT2D eigenvalue weighted by Crippen LogP contribution is -2.49. The number of piperidine rings is 1. The number of anilines is 1. The largest absolute Gasteiger partial charge is 0.493 e. The number of fused-ring (bicyclic) bond motifs is 3. The normalized spacial score (nSPS) is 23.4. The molecular weight excluding hydrogens is 468 g/mol. The molecule has 37 heavy (non-hydrogen) atoms. The van der Waals surface area contributed by atoms with Gasteiger partial charge in [0.1, 0.15) is 5.75 Å². The average Bonchev–Trinajstić information content (AvgIpc) is 2.91. The topological polar surface area (TPSA) is 80.4 Å². The molecule has 2 fully saturated rings. The number of piperazine rings is 1. The Hall–Kier alpha value is -2.36. The summed E-state index contributed by atoms with van der Waals surface area (Å²) in [5, 5.41) is 6.69. The molecule has 0 unspecified atom stereocenters. The van der Waals surface area contributed by atoms with E-state index < -0.39 is 0 Å². The molecule has 2 N–H and O–H groups in total. The van der Waals surface area contributed by atoms with E-state index in [0.717, 1.165) is 88.6 Å². The first kappa shape index (κ1) is 27.7. The molecule has 2 bridgehead atoms. The number of hydrogen-bond acceptors (Lipinski definition) is 7. The van der Waals surface area contributed by atoms with Crippen LogP contribution in [0.15, 0.2) is 18.2 Å². The van der Waals surface area contributed by atoms with Crippen molar-refractivity contribution in [1.29, 1.82) is 0 Å². The van der Waals surface area contributed by atoms with Crippen LogP contribution in [-0.2, 0) is 16.1 Å². The molecule has 9 heteroatoms. The lowest BCUT2D eigenvalue weighted by atomic mass is 9.80. The summed E-state index contributed by atoms with van der Waals surface area (Å²) in [7, 11) is 6.28. The Morgan fingerprint density at radius 1 is 1.05 bits per heavy atom. The van der Waals surface area contributed by atoms with Crippen LogP contribution in [0.3, 0.4) is 0 Å². The molecule has 4 rings (SSSR count). The standard InChI is InChI=1S/C28H46N6O3/c1-31(2)14-15-32(3)25-6-7-26-24(17-25)19-30-20-28(36)34-11-8-22(23(21-34)5-4-16-37-26)18-27(35)33-12-9-29-10-13-33/h6-7,17,22-23,29-30H,4-5,8-16,18-21H2,1-3H3/t22-,23-/m0/s1. The molecule has 0 spiro atoms. The molecule has 9 nitrogen and oxygen atoms in total. The van der Waals surface area contributed by atoms with Gasteiger partial charge in [-0.2, -0.15) is 0 Å². The van der Waals surface area contributed by atoms with Gasteiger partial charge in [-0.05, 0) is 63.4 Å². The minimum atomic E-state index is 0.151. The summed E-state index contributed by atoms with van der Waals surface area (Å²) in [6, 6.07) is 6.36. The van der Waals surface area contributed by atoms with E-state index in [-0.39, 0.29) is 11.8 Å². The molecule has 1 aromatic carbocycles. The summed E-state index contributed by atoms with van der Waals surface area (Å²) in [6.07, 6.45) is 3.39. The maximum atomic E-state index is 13.1. The number of carbonyl (C=O) groups is 2. The van der Waals surface area contributed by atoms with Crippen LogP contribution in [0, 0.1) is 11.8 Å². The zero-order valence-corrected chi connectivity index (χ0v) is 23.0. The Bertz CT molecular complexity index is 904. The number of benzene rings is 1. The summed E-state index contributed by atoms with van der Waals surface area (Å²) in [4.78, 5) is 34.5. The quantitative estimate of drug-likeness (QED) is 0.591. The van der Waals surface area contributed by atoms with E-state index in [0.29, 0.717) is 38.0 Å². The second kappa shape index (κ2) is 13.4. The van der Waals surface area contributed by atoms with Crippen LogP contribution in [0.5, 0.6) is 5.75 Å². The Kier molecular flexibility index (Phi) is 10.1. The minimum absolute atomic E-state index is 0.151. The van der Waals surface area contributed by atoms with Crippen molar-refractivity contribution in [3.05, 3.63) is 23.8 Å². The van der Waals surface area contributed by atoms with E-state index in [1.807, 2.05) is 9.80 Å². The van der Waals surface area contributed by atoms with Crippen molar-refractivity contribution in [3.63, 3.8) is 0 Å². The highest BCUT2D eigenvalue weighted by molar-refractivity contribution is 5.79. The lowest BCUT2D eigenvalue weighted by Gasteiger charge is -2.39. The van der Waals surface area contributed by atoms with Crippen LogP contribution >= 0.6 is 0 Å². The van der Waals surface area contributed by atoms with Crippen LogP contribution < -0.4 is 20.3 Å². The predicted molar refractivity (Wildman–Crippen MR) is 147 cm³/mol. The fraction of sp³-hybridized carbons (Fsp3) is 0.714. The monoisotopic (exact) mass is 514 g/mol. The van der Waals surface area contributed by atoms with Crippen LogP contribution in [-0.4, -0.2) is 113 Å². The van der Waals surface area contributed by atoms with E-state index in [1.54, 1.807) is 0 Å². The summed E-state index contributed by atoms with van der Waals surface area (Å²) >= 11 is 0. The highest BCUT2D eigenvalue weighted by atomic mass is 16.5. The van der Waals surface area contributed by atoms with Crippen molar-refractivity contribution in [2.45, 2.75) is 32.2 Å². The second-order valence-electron chi connectivity index (χ2n) is 11.1. The van der Waals surface area contributed by atoms with Gasteiger partial charge in [0.05, 0.1) is 13.2 Å². The van der Waals surface area contributed by atoms with Gasteiger partial charge in [0.25, 0.3) is 0 Å². The van der Waals surface area contributed by atoms with Gasteiger partial charge in [0.2, 0.25) is 11.8 Å². The molecular formula is C28H46N6O3. The summed E-state index contributed by atoms with van der Waals surface area (Å²) in [5.74, 6) is 1.97. The number of carbonyl (C=O) groups excluding carboxylic acids is 2. The molecule has 2 atom stereocenters. The van der Waals surface area contributed by atoms with Crippen LogP contribution in [0.2, 0.25) is 0 Å². The number of hydrogen-bond donors (Lipinski definition) is 2. The predicted octanol–water partition coefficient (Wildman–Crippen LogP) is 1.23. The summed E-state index contributed by atoms with van der Waals surface area (Å²) in [5.41, 5.74) is 2.23. The molecule has 3 aliphatic rings. The molecule has 0 aromatic heterocycles. The third kappa shape index (κ3) is 7.82. The number of nitrogens with zero attached hydrogens (tertiary/aromatic N) is 4. The molecule has 206 valence electrons. The maximum absolute atomic E-state index is 13.1. The molecule has 0 saturated carbocycles.